The summed E-state index contributed by atoms with van der Waals surface area (Å²) >= 11 is 0. The summed E-state index contributed by atoms with van der Waals surface area (Å²) in [7, 11) is 0. The van der Waals surface area contributed by atoms with Gasteiger partial charge in [0.2, 0.25) is 0 Å². The topological polar surface area (TPSA) is 299 Å². The van der Waals surface area contributed by atoms with Crippen molar-refractivity contribution in [3.05, 3.63) is 422 Å². The highest BCUT2D eigenvalue weighted by Gasteiger charge is 2.49. The molecule has 0 aromatic heterocycles. The molecule has 24 nitrogen and oxygen atoms in total. The van der Waals surface area contributed by atoms with Crippen LogP contribution < -0.4 is 39.2 Å². The second-order valence-electron chi connectivity index (χ2n) is 36.7. The number of aryl methyl sites for hydroxylation is 12. The second-order valence-corrected chi connectivity index (χ2v) is 36.7. The Morgan fingerprint density at radius 3 is 0.549 bits per heavy atom. The molecule has 8 heterocycles. The lowest BCUT2D eigenvalue weighted by Crippen LogP contribution is -2.44. The Bertz CT molecular complexity index is 7980. The first kappa shape index (κ1) is 91.9. The molecule has 16 aromatic carbocycles. The van der Waals surface area contributed by atoms with Crippen molar-refractivity contribution in [2.45, 2.75) is 95.9 Å². The predicted molar refractivity (Wildman–Crippen MR) is 542 cm³/mol. The number of para-hydroxylation sites is 4. The maximum absolute atomic E-state index is 13.9. The fourth-order valence-electron chi connectivity index (χ4n) is 21.5. The Hall–Kier alpha value is -18.5. The summed E-state index contributed by atoms with van der Waals surface area (Å²) < 4.78 is 26.8. The number of nitrogens with zero attached hydrogens (tertiary/aromatic N) is 8. The van der Waals surface area contributed by atoms with Gasteiger partial charge >= 0.3 is 0 Å². The Balaban J connectivity index is 0.000000113. The van der Waals surface area contributed by atoms with Crippen LogP contribution >= 0.6 is 0 Å². The molecule has 0 atom stereocenters. The third kappa shape index (κ3) is 13.7. The van der Waals surface area contributed by atoms with Gasteiger partial charge in [0.25, 0.3) is 94.5 Å². The van der Waals surface area contributed by atoms with Crippen LogP contribution in [-0.4, -0.2) is 94.5 Å². The molecule has 144 heavy (non-hydrogen) atoms. The van der Waals surface area contributed by atoms with E-state index in [1.165, 1.54) is 77.9 Å². The molecule has 704 valence electrons. The summed E-state index contributed by atoms with van der Waals surface area (Å²) in [5.74, 6) is -9.18. The van der Waals surface area contributed by atoms with E-state index in [1.807, 2.05) is 180 Å². The first-order valence-corrected chi connectivity index (χ1v) is 46.5. The Morgan fingerprint density at radius 1 is 0.181 bits per heavy atom. The zero-order valence-corrected chi connectivity index (χ0v) is 79.5. The average molecular weight is 1910 g/mol. The lowest BCUT2D eigenvalue weighted by molar-refractivity contribution is 0.0872. The van der Waals surface area contributed by atoms with E-state index in [0.717, 1.165) is 101 Å². The molecule has 0 saturated carbocycles. The lowest BCUT2D eigenvalue weighted by Gasteiger charge is -2.33. The summed E-state index contributed by atoms with van der Waals surface area (Å²) in [6, 6.07) is 68.5. The Kier molecular flexibility index (Phi) is 21.9. The molecular weight excluding hydrogens is 1820 g/mol. The summed E-state index contributed by atoms with van der Waals surface area (Å²) in [5, 5.41) is 2.66. The molecule has 16 amide bonds. The number of hydrogen-bond donors (Lipinski definition) is 0. The maximum atomic E-state index is 13.9. The molecule has 0 radical (unpaired) electrons. The Morgan fingerprint density at radius 2 is 0.354 bits per heavy atom. The van der Waals surface area contributed by atoms with Crippen LogP contribution in [0.2, 0.25) is 0 Å². The van der Waals surface area contributed by atoms with E-state index in [4.69, 9.17) is 0 Å². The summed E-state index contributed by atoms with van der Waals surface area (Å²) in [5.41, 5.74) is 18.3. The molecule has 16 aromatic rings. The largest absolute Gasteiger partial charge is 0.268 e. The number of amides is 16. The van der Waals surface area contributed by atoms with Crippen molar-refractivity contribution in [3.8, 4) is 0 Å². The van der Waals surface area contributed by atoms with Crippen LogP contribution in [0.5, 0.6) is 0 Å². The molecule has 0 aliphatic carbocycles. The summed E-state index contributed by atoms with van der Waals surface area (Å²) in [4.78, 5) is 227. The van der Waals surface area contributed by atoms with Crippen LogP contribution in [0.25, 0.3) is 43.1 Å². The van der Waals surface area contributed by atoms with Gasteiger partial charge in [-0.1, -0.05) is 122 Å². The van der Waals surface area contributed by atoms with Crippen LogP contribution in [0, 0.1) is 80.9 Å². The van der Waals surface area contributed by atoms with Gasteiger partial charge in [0.15, 0.2) is 0 Å². The third-order valence-electron chi connectivity index (χ3n) is 28.1. The smallest absolute Gasteiger partial charge is 0.266 e. The summed E-state index contributed by atoms with van der Waals surface area (Å²) in [6.45, 7) is 22.8. The molecule has 0 N–H and O–H groups in total. The van der Waals surface area contributed by atoms with Crippen molar-refractivity contribution >= 4 is 183 Å². The molecule has 0 fully saturated rings. The van der Waals surface area contributed by atoms with Gasteiger partial charge in [0.05, 0.1) is 45.5 Å². The molecule has 0 spiro atoms. The van der Waals surface area contributed by atoms with Crippen LogP contribution in [0.3, 0.4) is 0 Å². The number of benzene rings is 16. The highest BCUT2D eigenvalue weighted by molar-refractivity contribution is 6.48. The lowest BCUT2D eigenvalue weighted by atomic mass is 9.85. The molecule has 26 heteroatoms. The van der Waals surface area contributed by atoms with Crippen LogP contribution in [0.1, 0.15) is 246 Å². The maximum Gasteiger partial charge on any atom is 0.266 e. The van der Waals surface area contributed by atoms with E-state index in [0.29, 0.717) is 146 Å². The molecule has 8 aliphatic heterocycles. The van der Waals surface area contributed by atoms with E-state index < -0.39 is 106 Å². The molecule has 0 saturated heterocycles. The zero-order valence-electron chi connectivity index (χ0n) is 79.5. The minimum Gasteiger partial charge on any atom is -0.268 e. The van der Waals surface area contributed by atoms with Gasteiger partial charge < -0.3 is 0 Å². The Labute approximate surface area is 821 Å². The fourth-order valence-corrected chi connectivity index (χ4v) is 21.5. The average Bonchev–Trinajstić information content (AvgIpc) is 0.712. The number of rotatable bonds is 10. The van der Waals surface area contributed by atoms with E-state index in [-0.39, 0.29) is 44.4 Å². The van der Waals surface area contributed by atoms with Crippen LogP contribution in [0.15, 0.2) is 255 Å². The molecule has 0 unspecified atom stereocenters. The van der Waals surface area contributed by atoms with Gasteiger partial charge in [-0.2, -0.15) is 0 Å². The quantitative estimate of drug-likeness (QED) is 0.115. The van der Waals surface area contributed by atoms with Crippen LogP contribution in [-0.2, 0) is 12.8 Å². The SMILES string of the molecule is CCc1cccc(C)c1N1C(=O)c2ccc3c4c(ccc(c24)C1=O)C(=O)N(c1c(C)cccc1CC)C3=O.Cc1ccc(N2C(=O)c3ccc4c5c(ccc(c35)C2=O)C(=O)N(c2ccc(C)cc2C)C4=O)c(C)c1.Cc1cccc(C)c1N1C(=O)c2ccc3c4c(ccc(c24)C1=O)C(=O)N(c1c(C)cccc1C)C3=O.O=C1c2ccc3c4c(ccc(c24)C(=O)N1c1ccc(F)cc1)C(=O)N(c1ccc(F)cc1)C3=O. The van der Waals surface area contributed by atoms with E-state index >= 15 is 0 Å². The van der Waals surface area contributed by atoms with Gasteiger partial charge in [0.1, 0.15) is 11.6 Å². The van der Waals surface area contributed by atoms with Crippen molar-refractivity contribution in [1.82, 2.24) is 0 Å². The minimum absolute atomic E-state index is 0.148. The highest BCUT2D eigenvalue weighted by Crippen LogP contribution is 2.49. The van der Waals surface area contributed by atoms with Crippen LogP contribution in [0.4, 0.5) is 54.3 Å². The predicted octanol–water partition coefficient (Wildman–Crippen LogP) is 22.3. The van der Waals surface area contributed by atoms with Crippen molar-refractivity contribution in [2.75, 3.05) is 39.2 Å². The van der Waals surface area contributed by atoms with E-state index in [2.05, 4.69) is 0 Å². The second kappa shape index (κ2) is 34.3. The van der Waals surface area contributed by atoms with E-state index in [1.54, 1.807) is 84.9 Å². The van der Waals surface area contributed by atoms with Gasteiger partial charge in [-0.05, 0) is 295 Å². The first-order valence-electron chi connectivity index (χ1n) is 46.5. The number of carbonyl (C=O) groups excluding carboxylic acids is 16. The highest BCUT2D eigenvalue weighted by atomic mass is 19.1. The number of hydrogen-bond acceptors (Lipinski definition) is 16. The first-order chi connectivity index (χ1) is 69.1. The van der Waals surface area contributed by atoms with Crippen molar-refractivity contribution < 1.29 is 85.5 Å². The minimum atomic E-state index is -0.645. The van der Waals surface area contributed by atoms with Crippen molar-refractivity contribution in [3.63, 3.8) is 0 Å². The monoisotopic (exact) mass is 1900 g/mol. The van der Waals surface area contributed by atoms with Gasteiger partial charge in [-0.3, -0.25) is 76.7 Å². The molecule has 8 aliphatic rings. The molecule has 0 bridgehead atoms. The molecular formula is C118H82F2N8O16. The van der Waals surface area contributed by atoms with E-state index in [9.17, 15) is 85.5 Å². The fraction of sp³-hybridized carbons (Fsp3) is 0.119. The van der Waals surface area contributed by atoms with Crippen molar-refractivity contribution in [1.29, 1.82) is 0 Å². The third-order valence-corrected chi connectivity index (χ3v) is 28.1. The standard InChI is InChI=1S/C32H26N2O4.2C30H22N2O4.C26H12F2N2O4/c1-5-19-11-7-9-17(3)27(19)33-29(35)21-13-15-23-26-24(16-14-22(25(21)26)30(33)36)32(38)34(31(23)37)28-18(4)10-8-12-20(28)6-2;1-15-5-11-23(17(3)13-15)31-27(33)19-7-9-21-26-22(10-8-20(25(19)26)28(31)34)30(36)32(29(21)35)24-12-6-16(2)14-18(24)4;1-15-7-5-8-16(2)25(15)31-27(33)19-11-13-21-24-22(14-12-20(23(19)24)28(31)34)30(36)32(29(21)35)26-17(3)9-6-10-18(26)4;27-13-1-5-15(6-2-13)29-23(31)17-9-11-19-22-20(12-10-18(21(17)22)24(29)32)26(34)30(25(19)33)16-7-3-14(28)4-8-16/h7-16H,5-6H2,1-4H3;2*5-14H,1-4H3;1-12H. The van der Waals surface area contributed by atoms with Gasteiger partial charge in [-0.25, -0.2) is 48.0 Å². The van der Waals surface area contributed by atoms with Crippen molar-refractivity contribution in [2.24, 2.45) is 0 Å². The number of imide groups is 8. The summed E-state index contributed by atoms with van der Waals surface area (Å²) in [6.07, 6.45) is 1.32. The van der Waals surface area contributed by atoms with Gasteiger partial charge in [0, 0.05) is 132 Å². The number of carbonyl (C=O) groups is 16. The van der Waals surface area contributed by atoms with Gasteiger partial charge in [-0.15, -0.1) is 0 Å². The number of anilines is 8. The zero-order chi connectivity index (χ0) is 102. The number of halogens is 2. The molecule has 24 rings (SSSR count). The normalized spacial score (nSPS) is 14.8.